The van der Waals surface area contributed by atoms with E-state index in [2.05, 4.69) is 5.32 Å². The lowest BCUT2D eigenvalue weighted by molar-refractivity contribution is -0.137. The van der Waals surface area contributed by atoms with E-state index in [-0.39, 0.29) is 0 Å². The summed E-state index contributed by atoms with van der Waals surface area (Å²) >= 11 is 0. The first-order chi connectivity index (χ1) is 10.2. The Kier molecular flexibility index (Phi) is 5.10. The SMILES string of the molecule is CCN(C(=O)C(=O)NCc1ccccc1)c1ccccc1. The van der Waals surface area contributed by atoms with Crippen LogP contribution in [0.2, 0.25) is 0 Å². The Morgan fingerprint density at radius 2 is 1.52 bits per heavy atom. The topological polar surface area (TPSA) is 49.4 Å². The lowest BCUT2D eigenvalue weighted by Crippen LogP contribution is -2.42. The molecule has 0 radical (unpaired) electrons. The zero-order chi connectivity index (χ0) is 15.1. The number of hydrogen-bond acceptors (Lipinski definition) is 2. The van der Waals surface area contributed by atoms with Crippen molar-refractivity contribution >= 4 is 17.5 Å². The summed E-state index contributed by atoms with van der Waals surface area (Å²) in [5.41, 5.74) is 1.68. The van der Waals surface area contributed by atoms with Crippen LogP contribution in [0.5, 0.6) is 0 Å². The average Bonchev–Trinajstić information content (AvgIpc) is 2.55. The second-order valence-electron chi connectivity index (χ2n) is 4.55. The van der Waals surface area contributed by atoms with Crippen LogP contribution >= 0.6 is 0 Å². The summed E-state index contributed by atoms with van der Waals surface area (Å²) in [5, 5.41) is 2.65. The van der Waals surface area contributed by atoms with Crippen LogP contribution in [-0.4, -0.2) is 18.4 Å². The van der Waals surface area contributed by atoms with E-state index in [1.807, 2.05) is 67.6 Å². The van der Waals surface area contributed by atoms with Crippen LogP contribution < -0.4 is 10.2 Å². The molecule has 0 aliphatic carbocycles. The minimum atomic E-state index is -0.593. The third-order valence-electron chi connectivity index (χ3n) is 3.12. The van der Waals surface area contributed by atoms with E-state index in [0.29, 0.717) is 13.1 Å². The van der Waals surface area contributed by atoms with E-state index >= 15 is 0 Å². The summed E-state index contributed by atoms with van der Waals surface area (Å²) < 4.78 is 0. The van der Waals surface area contributed by atoms with Crippen LogP contribution in [0.1, 0.15) is 12.5 Å². The summed E-state index contributed by atoms with van der Waals surface area (Å²) in [6.07, 6.45) is 0. The smallest absolute Gasteiger partial charge is 0.316 e. The normalized spacial score (nSPS) is 9.95. The van der Waals surface area contributed by atoms with Crippen molar-refractivity contribution in [1.82, 2.24) is 5.32 Å². The van der Waals surface area contributed by atoms with Crippen LogP contribution in [0, 0.1) is 0 Å². The first-order valence-corrected chi connectivity index (χ1v) is 6.91. The van der Waals surface area contributed by atoms with Gasteiger partial charge in [0.05, 0.1) is 0 Å². The van der Waals surface area contributed by atoms with Gasteiger partial charge in [-0.15, -0.1) is 0 Å². The molecule has 0 unspecified atom stereocenters. The number of carbonyl (C=O) groups is 2. The Hall–Kier alpha value is -2.62. The second-order valence-corrected chi connectivity index (χ2v) is 4.55. The van der Waals surface area contributed by atoms with Crippen LogP contribution in [-0.2, 0) is 16.1 Å². The number of likely N-dealkylation sites (N-methyl/N-ethyl adjacent to an activating group) is 1. The highest BCUT2D eigenvalue weighted by Gasteiger charge is 2.21. The number of nitrogens with one attached hydrogen (secondary N) is 1. The first kappa shape index (κ1) is 14.8. The van der Waals surface area contributed by atoms with E-state index in [1.54, 1.807) is 0 Å². The molecule has 2 rings (SSSR count). The minimum absolute atomic E-state index is 0.345. The van der Waals surface area contributed by atoms with Crippen molar-refractivity contribution in [2.75, 3.05) is 11.4 Å². The third kappa shape index (κ3) is 3.92. The number of anilines is 1. The highest BCUT2D eigenvalue weighted by atomic mass is 16.2. The first-order valence-electron chi connectivity index (χ1n) is 6.91. The largest absolute Gasteiger partial charge is 0.344 e. The summed E-state index contributed by atoms with van der Waals surface area (Å²) in [6.45, 7) is 2.63. The molecule has 0 aliphatic rings. The fraction of sp³-hybridized carbons (Fsp3) is 0.176. The molecule has 2 amide bonds. The van der Waals surface area contributed by atoms with Gasteiger partial charge in [-0.3, -0.25) is 9.59 Å². The molecule has 0 bridgehead atoms. The quantitative estimate of drug-likeness (QED) is 0.875. The zero-order valence-electron chi connectivity index (χ0n) is 12.0. The molecule has 1 N–H and O–H groups in total. The molecule has 0 saturated carbocycles. The third-order valence-corrected chi connectivity index (χ3v) is 3.12. The molecule has 0 fully saturated rings. The van der Waals surface area contributed by atoms with Crippen molar-refractivity contribution in [3.63, 3.8) is 0 Å². The van der Waals surface area contributed by atoms with Gasteiger partial charge in [-0.1, -0.05) is 48.5 Å². The van der Waals surface area contributed by atoms with Gasteiger partial charge in [0.2, 0.25) is 0 Å². The Labute approximate surface area is 124 Å². The van der Waals surface area contributed by atoms with Crippen LogP contribution in [0.25, 0.3) is 0 Å². The van der Waals surface area contributed by atoms with Crippen LogP contribution in [0.3, 0.4) is 0 Å². The number of rotatable bonds is 4. The molecular weight excluding hydrogens is 264 g/mol. The maximum Gasteiger partial charge on any atom is 0.316 e. The predicted molar refractivity (Wildman–Crippen MR) is 82.8 cm³/mol. The van der Waals surface area contributed by atoms with Crippen molar-refractivity contribution in [2.24, 2.45) is 0 Å². The van der Waals surface area contributed by atoms with Crippen molar-refractivity contribution in [1.29, 1.82) is 0 Å². The molecule has 21 heavy (non-hydrogen) atoms. The Balaban J connectivity index is 1.99. The molecule has 4 nitrogen and oxygen atoms in total. The molecule has 2 aromatic carbocycles. The molecule has 0 heterocycles. The maximum absolute atomic E-state index is 12.2. The Morgan fingerprint density at radius 3 is 2.10 bits per heavy atom. The number of para-hydroxylation sites is 1. The summed E-state index contributed by atoms with van der Waals surface area (Å²) in [5.74, 6) is -1.14. The number of benzene rings is 2. The molecule has 0 aromatic heterocycles. The fourth-order valence-electron chi connectivity index (χ4n) is 2.03. The fourth-order valence-corrected chi connectivity index (χ4v) is 2.03. The molecule has 4 heteroatoms. The minimum Gasteiger partial charge on any atom is -0.344 e. The van der Waals surface area contributed by atoms with Crippen molar-refractivity contribution in [3.8, 4) is 0 Å². The van der Waals surface area contributed by atoms with Crippen molar-refractivity contribution < 1.29 is 9.59 Å². The summed E-state index contributed by atoms with van der Waals surface area (Å²) in [7, 11) is 0. The van der Waals surface area contributed by atoms with E-state index < -0.39 is 11.8 Å². The highest BCUT2D eigenvalue weighted by Crippen LogP contribution is 2.13. The van der Waals surface area contributed by atoms with Crippen LogP contribution in [0.15, 0.2) is 60.7 Å². The number of carbonyl (C=O) groups excluding carboxylic acids is 2. The van der Waals surface area contributed by atoms with Crippen LogP contribution in [0.4, 0.5) is 5.69 Å². The molecule has 108 valence electrons. The number of hydrogen-bond donors (Lipinski definition) is 1. The van der Waals surface area contributed by atoms with E-state index in [0.717, 1.165) is 11.3 Å². The van der Waals surface area contributed by atoms with Gasteiger partial charge in [-0.2, -0.15) is 0 Å². The van der Waals surface area contributed by atoms with Gasteiger partial charge in [-0.25, -0.2) is 0 Å². The maximum atomic E-state index is 12.2. The second kappa shape index (κ2) is 7.24. The molecule has 2 aromatic rings. The Bertz CT molecular complexity index is 597. The predicted octanol–water partition coefficient (Wildman–Crippen LogP) is 2.36. The lowest BCUT2D eigenvalue weighted by atomic mass is 10.2. The van der Waals surface area contributed by atoms with E-state index in [1.165, 1.54) is 4.90 Å². The highest BCUT2D eigenvalue weighted by molar-refractivity contribution is 6.40. The summed E-state index contributed by atoms with van der Waals surface area (Å²) in [6, 6.07) is 18.7. The number of nitrogens with zero attached hydrogens (tertiary/aromatic N) is 1. The monoisotopic (exact) mass is 282 g/mol. The van der Waals surface area contributed by atoms with E-state index in [4.69, 9.17) is 0 Å². The molecule has 0 atom stereocenters. The average molecular weight is 282 g/mol. The summed E-state index contributed by atoms with van der Waals surface area (Å²) in [4.78, 5) is 25.7. The van der Waals surface area contributed by atoms with Gasteiger partial charge in [0, 0.05) is 18.8 Å². The molecule has 0 saturated heterocycles. The van der Waals surface area contributed by atoms with Gasteiger partial charge in [-0.05, 0) is 24.6 Å². The van der Waals surface area contributed by atoms with Gasteiger partial charge in [0.1, 0.15) is 0 Å². The standard InChI is InChI=1S/C17H18N2O2/c1-2-19(15-11-7-4-8-12-15)17(21)16(20)18-13-14-9-5-3-6-10-14/h3-12H,2,13H2,1H3,(H,18,20). The van der Waals surface area contributed by atoms with Gasteiger partial charge < -0.3 is 10.2 Å². The lowest BCUT2D eigenvalue weighted by Gasteiger charge is -2.20. The zero-order valence-corrected chi connectivity index (χ0v) is 12.0. The molecular formula is C17H18N2O2. The van der Waals surface area contributed by atoms with Crippen molar-refractivity contribution in [2.45, 2.75) is 13.5 Å². The Morgan fingerprint density at radius 1 is 0.952 bits per heavy atom. The van der Waals surface area contributed by atoms with E-state index in [9.17, 15) is 9.59 Å². The van der Waals surface area contributed by atoms with Gasteiger partial charge in [0.25, 0.3) is 0 Å². The molecule has 0 aliphatic heterocycles. The van der Waals surface area contributed by atoms with Crippen molar-refractivity contribution in [3.05, 3.63) is 66.2 Å². The number of amides is 2. The van der Waals surface area contributed by atoms with Gasteiger partial charge >= 0.3 is 11.8 Å². The molecule has 0 spiro atoms. The van der Waals surface area contributed by atoms with Gasteiger partial charge in [0.15, 0.2) is 0 Å².